The van der Waals surface area contributed by atoms with E-state index in [1.807, 2.05) is 48.5 Å². The maximum atomic E-state index is 13.0. The lowest BCUT2D eigenvalue weighted by Crippen LogP contribution is -2.40. The Bertz CT molecular complexity index is 896. The van der Waals surface area contributed by atoms with Gasteiger partial charge in [0.1, 0.15) is 0 Å². The van der Waals surface area contributed by atoms with Crippen molar-refractivity contribution in [1.82, 2.24) is 9.88 Å². The second-order valence-corrected chi connectivity index (χ2v) is 6.46. The first-order chi connectivity index (χ1) is 12.7. The first-order valence-electron chi connectivity index (χ1n) is 8.80. The summed E-state index contributed by atoms with van der Waals surface area (Å²) in [7, 11) is 0. The van der Waals surface area contributed by atoms with E-state index >= 15 is 0 Å². The van der Waals surface area contributed by atoms with Gasteiger partial charge in [0.25, 0.3) is 5.91 Å². The first kappa shape index (κ1) is 16.5. The summed E-state index contributed by atoms with van der Waals surface area (Å²) in [6, 6.07) is 17.1. The van der Waals surface area contributed by atoms with Crippen LogP contribution in [-0.4, -0.2) is 40.1 Å². The van der Waals surface area contributed by atoms with Crippen LogP contribution < -0.4 is 0 Å². The smallest absolute Gasteiger partial charge is 0.254 e. The van der Waals surface area contributed by atoms with E-state index in [0.717, 1.165) is 5.56 Å². The molecule has 5 heteroatoms. The van der Waals surface area contributed by atoms with Crippen molar-refractivity contribution in [3.8, 4) is 22.8 Å². The molecule has 2 heterocycles. The maximum absolute atomic E-state index is 13.0. The number of piperidine rings is 1. The maximum Gasteiger partial charge on any atom is 0.254 e. The third-order valence-electron chi connectivity index (χ3n) is 4.70. The quantitative estimate of drug-likeness (QED) is 0.785. The van der Waals surface area contributed by atoms with Crippen molar-refractivity contribution in [2.45, 2.75) is 18.9 Å². The third-order valence-corrected chi connectivity index (χ3v) is 4.70. The molecule has 0 unspecified atom stereocenters. The van der Waals surface area contributed by atoms with E-state index in [2.05, 4.69) is 4.98 Å². The molecule has 5 nitrogen and oxygen atoms in total. The minimum Gasteiger partial charge on any atom is -0.436 e. The van der Waals surface area contributed by atoms with E-state index in [-0.39, 0.29) is 12.0 Å². The molecule has 3 aromatic rings. The van der Waals surface area contributed by atoms with E-state index < -0.39 is 0 Å². The monoisotopic (exact) mass is 348 g/mol. The Labute approximate surface area is 151 Å². The molecule has 1 amide bonds. The molecule has 1 aliphatic heterocycles. The Morgan fingerprint density at radius 3 is 2.50 bits per heavy atom. The summed E-state index contributed by atoms with van der Waals surface area (Å²) in [5.74, 6) is 1.06. The molecule has 26 heavy (non-hydrogen) atoms. The number of aromatic nitrogens is 1. The number of hydrogen-bond donors (Lipinski definition) is 1. The van der Waals surface area contributed by atoms with Gasteiger partial charge in [0, 0.05) is 24.2 Å². The van der Waals surface area contributed by atoms with Crippen molar-refractivity contribution in [2.24, 2.45) is 0 Å². The number of amides is 1. The zero-order valence-electron chi connectivity index (χ0n) is 14.3. The molecular weight excluding hydrogens is 328 g/mol. The molecule has 1 aliphatic rings. The van der Waals surface area contributed by atoms with Gasteiger partial charge in [0.05, 0.1) is 17.9 Å². The van der Waals surface area contributed by atoms with Gasteiger partial charge in [-0.25, -0.2) is 4.98 Å². The van der Waals surface area contributed by atoms with Crippen LogP contribution in [0.4, 0.5) is 0 Å². The van der Waals surface area contributed by atoms with Crippen LogP contribution in [0, 0.1) is 0 Å². The third kappa shape index (κ3) is 3.26. The Morgan fingerprint density at radius 1 is 1.04 bits per heavy atom. The molecule has 0 spiro atoms. The molecule has 0 atom stereocenters. The van der Waals surface area contributed by atoms with Crippen LogP contribution in [-0.2, 0) is 0 Å². The van der Waals surface area contributed by atoms with Crippen LogP contribution in [0.15, 0.2) is 65.2 Å². The predicted octanol–water partition coefficient (Wildman–Crippen LogP) is 3.61. The molecule has 4 rings (SSSR count). The Balaban J connectivity index is 1.64. The van der Waals surface area contributed by atoms with Crippen molar-refractivity contribution < 1.29 is 14.3 Å². The summed E-state index contributed by atoms with van der Waals surface area (Å²) >= 11 is 0. The summed E-state index contributed by atoms with van der Waals surface area (Å²) < 4.78 is 5.93. The van der Waals surface area contributed by atoms with Crippen molar-refractivity contribution in [1.29, 1.82) is 0 Å². The molecule has 0 saturated carbocycles. The molecular formula is C21H20N2O3. The number of carbonyl (C=O) groups is 1. The minimum absolute atomic E-state index is 0.0491. The topological polar surface area (TPSA) is 66.6 Å². The molecule has 0 bridgehead atoms. The number of aliphatic hydroxyl groups is 1. The molecule has 0 radical (unpaired) electrons. The number of hydrogen-bond acceptors (Lipinski definition) is 4. The summed E-state index contributed by atoms with van der Waals surface area (Å²) in [6.45, 7) is 1.13. The largest absolute Gasteiger partial charge is 0.436 e. The van der Waals surface area contributed by atoms with Gasteiger partial charge < -0.3 is 14.4 Å². The lowest BCUT2D eigenvalue weighted by molar-refractivity contribution is 0.0547. The van der Waals surface area contributed by atoms with Gasteiger partial charge in [0.2, 0.25) is 5.89 Å². The average molecular weight is 348 g/mol. The zero-order valence-corrected chi connectivity index (χ0v) is 14.3. The fourth-order valence-electron chi connectivity index (χ4n) is 3.23. The van der Waals surface area contributed by atoms with Crippen LogP contribution in [0.5, 0.6) is 0 Å². The molecule has 1 aromatic heterocycles. The lowest BCUT2D eigenvalue weighted by Gasteiger charge is -2.30. The average Bonchev–Trinajstić information content (AvgIpc) is 3.19. The second-order valence-electron chi connectivity index (χ2n) is 6.46. The number of aliphatic hydroxyl groups excluding tert-OH is 1. The zero-order chi connectivity index (χ0) is 17.9. The van der Waals surface area contributed by atoms with Gasteiger partial charge in [0.15, 0.2) is 5.76 Å². The number of carbonyl (C=O) groups excluding carboxylic acids is 1. The van der Waals surface area contributed by atoms with Crippen LogP contribution in [0.25, 0.3) is 22.8 Å². The summed E-state index contributed by atoms with van der Waals surface area (Å²) in [5.41, 5.74) is 2.20. The standard InChI is InChI=1S/C21H20N2O3/c24-16-10-12-23(13-11-16)21(25)18-9-5-4-8-17(18)20-22-14-19(26-20)15-6-2-1-3-7-15/h1-9,14,16,24H,10-13H2. The molecule has 132 valence electrons. The van der Waals surface area contributed by atoms with Crippen molar-refractivity contribution in [3.63, 3.8) is 0 Å². The second kappa shape index (κ2) is 7.14. The lowest BCUT2D eigenvalue weighted by atomic mass is 10.0. The number of nitrogens with zero attached hydrogens (tertiary/aromatic N) is 2. The van der Waals surface area contributed by atoms with Gasteiger partial charge in [-0.15, -0.1) is 0 Å². The van der Waals surface area contributed by atoms with Crippen molar-refractivity contribution in [2.75, 3.05) is 13.1 Å². The van der Waals surface area contributed by atoms with Crippen LogP contribution in [0.2, 0.25) is 0 Å². The number of rotatable bonds is 3. The fourth-order valence-corrected chi connectivity index (χ4v) is 3.23. The Morgan fingerprint density at radius 2 is 1.73 bits per heavy atom. The Hall–Kier alpha value is -2.92. The summed E-state index contributed by atoms with van der Waals surface area (Å²) in [6.07, 6.45) is 2.61. The van der Waals surface area contributed by atoms with Crippen molar-refractivity contribution >= 4 is 5.91 Å². The number of oxazole rings is 1. The highest BCUT2D eigenvalue weighted by Crippen LogP contribution is 2.29. The van der Waals surface area contributed by atoms with E-state index in [0.29, 0.717) is 48.7 Å². The Kier molecular flexibility index (Phi) is 4.54. The van der Waals surface area contributed by atoms with Crippen LogP contribution >= 0.6 is 0 Å². The molecule has 1 N–H and O–H groups in total. The molecule has 1 saturated heterocycles. The van der Waals surface area contributed by atoms with Gasteiger partial charge in [-0.2, -0.15) is 0 Å². The SMILES string of the molecule is O=C(c1ccccc1-c1ncc(-c2ccccc2)o1)N1CCC(O)CC1. The van der Waals surface area contributed by atoms with Gasteiger partial charge >= 0.3 is 0 Å². The number of benzene rings is 2. The van der Waals surface area contributed by atoms with Gasteiger partial charge in [-0.05, 0) is 25.0 Å². The first-order valence-corrected chi connectivity index (χ1v) is 8.80. The minimum atomic E-state index is -0.311. The number of likely N-dealkylation sites (tertiary alicyclic amines) is 1. The van der Waals surface area contributed by atoms with E-state index in [9.17, 15) is 9.90 Å². The van der Waals surface area contributed by atoms with Crippen LogP contribution in [0.3, 0.4) is 0 Å². The molecule has 0 aliphatic carbocycles. The van der Waals surface area contributed by atoms with E-state index in [1.165, 1.54) is 0 Å². The summed E-state index contributed by atoms with van der Waals surface area (Å²) in [4.78, 5) is 19.1. The van der Waals surface area contributed by atoms with Gasteiger partial charge in [-0.1, -0.05) is 42.5 Å². The normalized spacial score (nSPS) is 15.2. The van der Waals surface area contributed by atoms with E-state index in [1.54, 1.807) is 17.2 Å². The van der Waals surface area contributed by atoms with Gasteiger partial charge in [-0.3, -0.25) is 4.79 Å². The highest BCUT2D eigenvalue weighted by molar-refractivity contribution is 6.00. The van der Waals surface area contributed by atoms with Crippen LogP contribution in [0.1, 0.15) is 23.2 Å². The van der Waals surface area contributed by atoms with E-state index in [4.69, 9.17) is 4.42 Å². The molecule has 2 aromatic carbocycles. The molecule has 1 fully saturated rings. The predicted molar refractivity (Wildman–Crippen MR) is 98.5 cm³/mol. The highest BCUT2D eigenvalue weighted by Gasteiger charge is 2.25. The fraction of sp³-hybridized carbons (Fsp3) is 0.238. The summed E-state index contributed by atoms with van der Waals surface area (Å²) in [5, 5.41) is 9.66. The highest BCUT2D eigenvalue weighted by atomic mass is 16.4. The van der Waals surface area contributed by atoms with Crippen molar-refractivity contribution in [3.05, 3.63) is 66.4 Å².